The topological polar surface area (TPSA) is 81.7 Å². The monoisotopic (exact) mass is 340 g/mol. The van der Waals surface area contributed by atoms with Crippen molar-refractivity contribution >= 4 is 9.84 Å². The minimum Gasteiger partial charge on any atom is -0.222 e. The third kappa shape index (κ3) is 2.95. The van der Waals surface area contributed by atoms with Crippen LogP contribution in [0.25, 0.3) is 0 Å². The van der Waals surface area contributed by atoms with E-state index in [-0.39, 0.29) is 17.6 Å². The molecule has 0 fully saturated rings. The van der Waals surface area contributed by atoms with Gasteiger partial charge in [-0.3, -0.25) is 0 Å². The summed E-state index contributed by atoms with van der Waals surface area (Å²) in [6, 6.07) is 7.49. The first-order valence-corrected chi connectivity index (χ1v) is 8.08. The van der Waals surface area contributed by atoms with Gasteiger partial charge in [0.05, 0.1) is 11.6 Å². The molecule has 23 heavy (non-hydrogen) atoms. The standard InChI is InChI=1S/C15H11F3N2O2S/c1-9-5-12(14(8-20)23(21,22)13(9)7-19)10-3-2-4-11(6-10)15(16,17)18/h2-4,6,12,14H,5H2,1H3/t12-,14+/m0/s1. The molecule has 0 spiro atoms. The second kappa shape index (κ2) is 5.71. The van der Waals surface area contributed by atoms with Crippen molar-refractivity contribution in [2.75, 3.05) is 0 Å². The summed E-state index contributed by atoms with van der Waals surface area (Å²) in [5.41, 5.74) is -0.537. The van der Waals surface area contributed by atoms with Gasteiger partial charge in [-0.05, 0) is 30.5 Å². The van der Waals surface area contributed by atoms with Crippen LogP contribution in [0.4, 0.5) is 13.2 Å². The quantitative estimate of drug-likeness (QED) is 0.785. The van der Waals surface area contributed by atoms with Crippen molar-refractivity contribution in [2.45, 2.75) is 30.7 Å². The molecule has 0 aliphatic carbocycles. The van der Waals surface area contributed by atoms with Crippen molar-refractivity contribution in [1.82, 2.24) is 0 Å². The lowest BCUT2D eigenvalue weighted by Crippen LogP contribution is -2.32. The fraction of sp³-hybridized carbons (Fsp3) is 0.333. The average Bonchev–Trinajstić information content (AvgIpc) is 2.45. The van der Waals surface area contributed by atoms with Crippen LogP contribution in [0.15, 0.2) is 34.7 Å². The van der Waals surface area contributed by atoms with Crippen LogP contribution in [0.1, 0.15) is 30.4 Å². The summed E-state index contributed by atoms with van der Waals surface area (Å²) in [6.07, 6.45) is -4.52. The number of rotatable bonds is 1. The number of benzene rings is 1. The van der Waals surface area contributed by atoms with Crippen molar-refractivity contribution in [2.24, 2.45) is 0 Å². The lowest BCUT2D eigenvalue weighted by Gasteiger charge is -2.28. The number of hydrogen-bond acceptors (Lipinski definition) is 4. The lowest BCUT2D eigenvalue weighted by atomic mass is 9.88. The highest BCUT2D eigenvalue weighted by molar-refractivity contribution is 7.96. The van der Waals surface area contributed by atoms with Gasteiger partial charge in [-0.25, -0.2) is 8.42 Å². The Bertz CT molecular complexity index is 858. The number of alkyl halides is 3. The van der Waals surface area contributed by atoms with E-state index in [1.165, 1.54) is 19.1 Å². The maximum absolute atomic E-state index is 12.8. The molecule has 2 rings (SSSR count). The van der Waals surface area contributed by atoms with Gasteiger partial charge in [0, 0.05) is 5.92 Å². The SMILES string of the molecule is CC1=C(C#N)S(=O)(=O)[C@H](C#N)[C@H](c2cccc(C(F)(F)F)c2)C1. The van der Waals surface area contributed by atoms with E-state index in [0.29, 0.717) is 0 Å². The van der Waals surface area contributed by atoms with Crippen LogP contribution in [0.3, 0.4) is 0 Å². The van der Waals surface area contributed by atoms with Crippen LogP contribution in [0, 0.1) is 22.7 Å². The van der Waals surface area contributed by atoms with Gasteiger partial charge >= 0.3 is 6.18 Å². The maximum Gasteiger partial charge on any atom is 0.416 e. The van der Waals surface area contributed by atoms with Crippen molar-refractivity contribution in [3.63, 3.8) is 0 Å². The molecule has 2 atom stereocenters. The Morgan fingerprint density at radius 3 is 2.43 bits per heavy atom. The minimum absolute atomic E-state index is 0.0433. The molecule has 0 radical (unpaired) electrons. The van der Waals surface area contributed by atoms with Gasteiger partial charge in [-0.2, -0.15) is 23.7 Å². The number of halogens is 3. The first-order chi connectivity index (χ1) is 10.6. The van der Waals surface area contributed by atoms with Crippen LogP contribution in [0.5, 0.6) is 0 Å². The van der Waals surface area contributed by atoms with Crippen LogP contribution < -0.4 is 0 Å². The minimum atomic E-state index is -4.56. The molecule has 1 aliphatic rings. The van der Waals surface area contributed by atoms with E-state index >= 15 is 0 Å². The van der Waals surface area contributed by atoms with Crippen molar-refractivity contribution in [3.8, 4) is 12.1 Å². The highest BCUT2D eigenvalue weighted by Gasteiger charge is 2.43. The van der Waals surface area contributed by atoms with Crippen molar-refractivity contribution < 1.29 is 21.6 Å². The number of allylic oxidation sites excluding steroid dienone is 2. The molecule has 0 saturated carbocycles. The molecule has 0 N–H and O–H groups in total. The first kappa shape index (κ1) is 17.0. The zero-order valence-corrected chi connectivity index (χ0v) is 12.7. The Hall–Kier alpha value is -2.32. The molecule has 0 unspecified atom stereocenters. The van der Waals surface area contributed by atoms with Crippen LogP contribution in [0.2, 0.25) is 0 Å². The molecule has 0 saturated heterocycles. The Morgan fingerprint density at radius 1 is 1.26 bits per heavy atom. The molecule has 120 valence electrons. The molecule has 1 aliphatic heterocycles. The fourth-order valence-electron chi connectivity index (χ4n) is 2.67. The smallest absolute Gasteiger partial charge is 0.222 e. The summed E-state index contributed by atoms with van der Waals surface area (Å²) >= 11 is 0. The highest BCUT2D eigenvalue weighted by Crippen LogP contribution is 2.41. The van der Waals surface area contributed by atoms with Crippen LogP contribution in [-0.2, 0) is 16.0 Å². The molecule has 0 bridgehead atoms. The number of sulfone groups is 1. The summed E-state index contributed by atoms with van der Waals surface area (Å²) in [4.78, 5) is -0.465. The predicted molar refractivity (Wildman–Crippen MR) is 75.4 cm³/mol. The van der Waals surface area contributed by atoms with Gasteiger partial charge in [-0.1, -0.05) is 18.2 Å². The van der Waals surface area contributed by atoms with E-state index in [1.54, 1.807) is 12.1 Å². The summed E-state index contributed by atoms with van der Waals surface area (Å²) in [6.45, 7) is 1.43. The molecule has 4 nitrogen and oxygen atoms in total. The molecule has 8 heteroatoms. The first-order valence-electron chi connectivity index (χ1n) is 6.53. The molecular weight excluding hydrogens is 329 g/mol. The largest absolute Gasteiger partial charge is 0.416 e. The van der Waals surface area contributed by atoms with Crippen LogP contribution in [-0.4, -0.2) is 13.7 Å². The number of nitriles is 2. The van der Waals surface area contributed by atoms with E-state index in [0.717, 1.165) is 12.1 Å². The predicted octanol–water partition coefficient (Wildman–Crippen LogP) is 3.30. The Labute approximate surface area is 131 Å². The highest BCUT2D eigenvalue weighted by atomic mass is 32.2. The third-order valence-electron chi connectivity index (χ3n) is 3.77. The lowest BCUT2D eigenvalue weighted by molar-refractivity contribution is -0.137. The summed E-state index contributed by atoms with van der Waals surface area (Å²) < 4.78 is 63.1. The second-order valence-electron chi connectivity index (χ2n) is 5.25. The molecule has 0 amide bonds. The number of hydrogen-bond donors (Lipinski definition) is 0. The van der Waals surface area contributed by atoms with Crippen molar-refractivity contribution in [3.05, 3.63) is 45.9 Å². The summed E-state index contributed by atoms with van der Waals surface area (Å²) in [5, 5.41) is 16.6. The van der Waals surface area contributed by atoms with E-state index in [2.05, 4.69) is 0 Å². The van der Waals surface area contributed by atoms with Gasteiger partial charge in [-0.15, -0.1) is 0 Å². The summed E-state index contributed by atoms with van der Waals surface area (Å²) in [7, 11) is -4.18. The van der Waals surface area contributed by atoms with Crippen LogP contribution >= 0.6 is 0 Å². The third-order valence-corrected chi connectivity index (χ3v) is 5.88. The number of nitrogens with zero attached hydrogens (tertiary/aromatic N) is 2. The van der Waals surface area contributed by atoms with Gasteiger partial charge in [0.2, 0.25) is 9.84 Å². The van der Waals surface area contributed by atoms with Gasteiger partial charge < -0.3 is 0 Å². The van der Waals surface area contributed by atoms with E-state index in [1.807, 2.05) is 0 Å². The summed E-state index contributed by atoms with van der Waals surface area (Å²) in [5.74, 6) is -0.940. The van der Waals surface area contributed by atoms with E-state index in [4.69, 9.17) is 5.26 Å². The maximum atomic E-state index is 12.8. The molecule has 0 aromatic heterocycles. The van der Waals surface area contributed by atoms with Gasteiger partial charge in [0.1, 0.15) is 11.0 Å². The van der Waals surface area contributed by atoms with E-state index in [9.17, 15) is 26.9 Å². The average molecular weight is 340 g/mol. The van der Waals surface area contributed by atoms with Gasteiger partial charge in [0.25, 0.3) is 0 Å². The molecule has 1 heterocycles. The Balaban J connectivity index is 2.60. The molecule has 1 aromatic rings. The zero-order chi connectivity index (χ0) is 17.4. The Morgan fingerprint density at radius 2 is 1.91 bits per heavy atom. The normalized spacial score (nSPS) is 23.9. The zero-order valence-electron chi connectivity index (χ0n) is 11.9. The van der Waals surface area contributed by atoms with Gasteiger partial charge in [0.15, 0.2) is 5.25 Å². The van der Waals surface area contributed by atoms with E-state index < -0.39 is 37.6 Å². The fourth-order valence-corrected chi connectivity index (χ4v) is 4.45. The molecular formula is C15H11F3N2O2S. The second-order valence-corrected chi connectivity index (χ2v) is 7.26. The molecule has 1 aromatic carbocycles. The Kier molecular flexibility index (Phi) is 4.23. The van der Waals surface area contributed by atoms with Crippen molar-refractivity contribution in [1.29, 1.82) is 10.5 Å².